The van der Waals surface area contributed by atoms with Crippen LogP contribution in [0.25, 0.3) is 23.0 Å². The van der Waals surface area contributed by atoms with E-state index in [2.05, 4.69) is 33.3 Å². The fourth-order valence-electron chi connectivity index (χ4n) is 5.58. The molecular formula is C26H24Cl2N6O2. The highest BCUT2D eigenvalue weighted by molar-refractivity contribution is 6.33. The van der Waals surface area contributed by atoms with E-state index in [-0.39, 0.29) is 17.8 Å². The van der Waals surface area contributed by atoms with Gasteiger partial charge in [-0.25, -0.2) is 14.5 Å². The van der Waals surface area contributed by atoms with Crippen molar-refractivity contribution in [2.45, 2.75) is 43.9 Å². The van der Waals surface area contributed by atoms with Crippen molar-refractivity contribution in [3.8, 4) is 11.4 Å². The van der Waals surface area contributed by atoms with Crippen LogP contribution in [0.4, 0.5) is 5.82 Å². The van der Waals surface area contributed by atoms with Gasteiger partial charge in [-0.05, 0) is 67.5 Å². The number of aromatic nitrogens is 5. The summed E-state index contributed by atoms with van der Waals surface area (Å²) in [6.07, 6.45) is 9.16. The Hall–Kier alpha value is -3.36. The van der Waals surface area contributed by atoms with Crippen molar-refractivity contribution in [2.75, 3.05) is 5.73 Å². The average Bonchev–Trinajstić information content (AvgIpc) is 3.48. The zero-order chi connectivity index (χ0) is 25.0. The lowest BCUT2D eigenvalue weighted by molar-refractivity contribution is -0.142. The summed E-state index contributed by atoms with van der Waals surface area (Å²) in [4.78, 5) is 24.2. The first-order valence-corrected chi connectivity index (χ1v) is 12.7. The van der Waals surface area contributed by atoms with Gasteiger partial charge >= 0.3 is 5.97 Å². The summed E-state index contributed by atoms with van der Waals surface area (Å²) in [5.74, 6) is 0.222. The third-order valence-corrected chi connectivity index (χ3v) is 7.99. The van der Waals surface area contributed by atoms with Crippen LogP contribution in [0, 0.1) is 5.92 Å². The zero-order valence-corrected chi connectivity index (χ0v) is 20.8. The number of H-pyrrole nitrogens is 1. The number of benzene rings is 1. The molecule has 0 amide bonds. The van der Waals surface area contributed by atoms with Crippen LogP contribution >= 0.6 is 23.2 Å². The Balaban J connectivity index is 1.43. The number of imidazole rings is 1. The number of carboxylic acids is 1. The molecule has 4 aromatic rings. The van der Waals surface area contributed by atoms with Gasteiger partial charge in [0.15, 0.2) is 5.82 Å². The minimum atomic E-state index is -0.729. The van der Waals surface area contributed by atoms with Crippen molar-refractivity contribution in [3.05, 3.63) is 69.4 Å². The van der Waals surface area contributed by atoms with Crippen LogP contribution in [0.2, 0.25) is 10.0 Å². The van der Waals surface area contributed by atoms with Crippen LogP contribution in [-0.4, -0.2) is 35.6 Å². The molecule has 36 heavy (non-hydrogen) atoms. The number of nitrogen functional groups attached to an aromatic ring is 1. The van der Waals surface area contributed by atoms with Gasteiger partial charge in [0, 0.05) is 27.6 Å². The van der Waals surface area contributed by atoms with E-state index in [1.807, 2.05) is 12.1 Å². The summed E-state index contributed by atoms with van der Waals surface area (Å²) >= 11 is 12.8. The Morgan fingerprint density at radius 1 is 1.17 bits per heavy atom. The summed E-state index contributed by atoms with van der Waals surface area (Å²) in [5.41, 5.74) is 11.5. The molecule has 1 saturated carbocycles. The smallest absolute Gasteiger partial charge is 0.306 e. The minimum absolute atomic E-state index is 0.0261. The molecule has 0 aliphatic heterocycles. The van der Waals surface area contributed by atoms with Gasteiger partial charge in [0.1, 0.15) is 23.4 Å². The van der Waals surface area contributed by atoms with Crippen molar-refractivity contribution in [3.63, 3.8) is 0 Å². The Bertz CT molecular complexity index is 1520. The number of anilines is 1. The van der Waals surface area contributed by atoms with Gasteiger partial charge in [0.2, 0.25) is 0 Å². The summed E-state index contributed by atoms with van der Waals surface area (Å²) in [6.45, 7) is 0. The predicted molar refractivity (Wildman–Crippen MR) is 139 cm³/mol. The van der Waals surface area contributed by atoms with E-state index in [1.165, 1.54) is 6.33 Å². The van der Waals surface area contributed by atoms with Gasteiger partial charge in [0.05, 0.1) is 11.6 Å². The number of carbonyl (C=O) groups is 1. The maximum absolute atomic E-state index is 11.4. The molecule has 3 heterocycles. The number of hydrogen-bond donors (Lipinski definition) is 3. The Kier molecular flexibility index (Phi) is 5.73. The monoisotopic (exact) mass is 522 g/mol. The van der Waals surface area contributed by atoms with Crippen molar-refractivity contribution in [1.82, 2.24) is 24.6 Å². The van der Waals surface area contributed by atoms with Crippen LogP contribution in [-0.2, 0) is 4.79 Å². The molecule has 1 aromatic carbocycles. The number of carboxylic acid groups (broad SMARTS) is 1. The summed E-state index contributed by atoms with van der Waals surface area (Å²) in [5, 5.41) is 15.2. The molecule has 1 unspecified atom stereocenters. The average molecular weight is 523 g/mol. The van der Waals surface area contributed by atoms with Crippen molar-refractivity contribution >= 4 is 46.6 Å². The number of nitrogens with two attached hydrogens (primary N) is 1. The second-order valence-corrected chi connectivity index (χ2v) is 10.4. The first-order chi connectivity index (χ1) is 17.4. The van der Waals surface area contributed by atoms with Gasteiger partial charge in [-0.1, -0.05) is 35.4 Å². The van der Waals surface area contributed by atoms with Gasteiger partial charge in [-0.3, -0.25) is 4.79 Å². The maximum Gasteiger partial charge on any atom is 0.306 e. The third-order valence-electron chi connectivity index (χ3n) is 7.41. The number of allylic oxidation sites excluding steroid dienone is 1. The molecule has 3 aromatic heterocycles. The number of aromatic amines is 1. The fraction of sp³-hybridized carbons (Fsp3) is 0.308. The Morgan fingerprint density at radius 3 is 2.75 bits per heavy atom. The normalized spacial score (nSPS) is 21.6. The molecule has 0 bridgehead atoms. The maximum atomic E-state index is 11.4. The van der Waals surface area contributed by atoms with Gasteiger partial charge in [-0.2, -0.15) is 5.10 Å². The van der Waals surface area contributed by atoms with E-state index in [0.29, 0.717) is 39.9 Å². The Morgan fingerprint density at radius 2 is 1.97 bits per heavy atom. The lowest BCUT2D eigenvalue weighted by Crippen LogP contribution is -2.21. The molecule has 1 fully saturated rings. The van der Waals surface area contributed by atoms with Crippen LogP contribution in [0.1, 0.15) is 66.6 Å². The first kappa shape index (κ1) is 23.1. The standard InChI is InChI=1S/C26H24Cl2N6O2/c27-16-8-9-19(28)18(11-16)17-3-1-2-15-10-20(32-21(15)17)22-23-24(29)30-12-31-34(23)25(33-22)13-4-6-14(7-5-13)26(35)36/h1-2,8-14,17,32H,3-7H2,(H,35,36)(H2,29,30,31)/t13-,14-,17?. The molecule has 0 saturated heterocycles. The minimum Gasteiger partial charge on any atom is -0.481 e. The van der Waals surface area contributed by atoms with E-state index in [9.17, 15) is 9.90 Å². The van der Waals surface area contributed by atoms with Crippen LogP contribution < -0.4 is 5.73 Å². The Labute approximate surface area is 217 Å². The van der Waals surface area contributed by atoms with E-state index < -0.39 is 5.97 Å². The highest BCUT2D eigenvalue weighted by atomic mass is 35.5. The number of aliphatic carboxylic acids is 1. The largest absolute Gasteiger partial charge is 0.481 e. The molecule has 6 rings (SSSR count). The predicted octanol–water partition coefficient (Wildman–Crippen LogP) is 5.92. The van der Waals surface area contributed by atoms with Gasteiger partial charge in [-0.15, -0.1) is 0 Å². The molecule has 1 atom stereocenters. The molecule has 0 radical (unpaired) electrons. The molecule has 0 spiro atoms. The molecule has 8 nitrogen and oxygen atoms in total. The summed E-state index contributed by atoms with van der Waals surface area (Å²) < 4.78 is 1.77. The molecule has 2 aliphatic rings. The molecule has 4 N–H and O–H groups in total. The highest BCUT2D eigenvalue weighted by Gasteiger charge is 2.32. The summed E-state index contributed by atoms with van der Waals surface area (Å²) in [6, 6.07) is 7.60. The van der Waals surface area contributed by atoms with Gasteiger partial charge < -0.3 is 15.8 Å². The second-order valence-electron chi connectivity index (χ2n) is 9.52. The third kappa shape index (κ3) is 3.85. The van der Waals surface area contributed by atoms with Crippen molar-refractivity contribution in [1.29, 1.82) is 0 Å². The molecule has 184 valence electrons. The lowest BCUT2D eigenvalue weighted by atomic mass is 9.82. The molecule has 10 heteroatoms. The quantitative estimate of drug-likeness (QED) is 0.306. The highest BCUT2D eigenvalue weighted by Crippen LogP contribution is 2.42. The number of fused-ring (bicyclic) bond motifs is 2. The number of nitrogens with zero attached hydrogens (tertiary/aromatic N) is 4. The number of halogens is 2. The second kappa shape index (κ2) is 8.94. The number of hydrogen-bond acceptors (Lipinski definition) is 5. The van der Waals surface area contributed by atoms with Crippen LogP contribution in [0.15, 0.2) is 36.7 Å². The van der Waals surface area contributed by atoms with Crippen molar-refractivity contribution in [2.24, 2.45) is 5.92 Å². The SMILES string of the molecule is Nc1ncnn2c1c(-c1cc3c([nH]1)C(c1cc(Cl)ccc1Cl)CC=C3)nc2[C@H]1CC[C@H](C(=O)O)CC1. The van der Waals surface area contributed by atoms with E-state index in [4.69, 9.17) is 33.9 Å². The molecule has 2 aliphatic carbocycles. The molecular weight excluding hydrogens is 499 g/mol. The van der Waals surface area contributed by atoms with E-state index in [0.717, 1.165) is 47.6 Å². The van der Waals surface area contributed by atoms with Crippen molar-refractivity contribution < 1.29 is 9.90 Å². The number of nitrogens with one attached hydrogen (secondary N) is 1. The van der Waals surface area contributed by atoms with Crippen LogP contribution in [0.3, 0.4) is 0 Å². The number of rotatable bonds is 4. The first-order valence-electron chi connectivity index (χ1n) is 12.0. The topological polar surface area (TPSA) is 122 Å². The fourth-order valence-corrected chi connectivity index (χ4v) is 6.01. The summed E-state index contributed by atoms with van der Waals surface area (Å²) in [7, 11) is 0. The van der Waals surface area contributed by atoms with Crippen LogP contribution in [0.5, 0.6) is 0 Å². The lowest BCUT2D eigenvalue weighted by Gasteiger charge is -2.24. The van der Waals surface area contributed by atoms with Gasteiger partial charge in [0.25, 0.3) is 0 Å². The van der Waals surface area contributed by atoms with E-state index >= 15 is 0 Å². The zero-order valence-electron chi connectivity index (χ0n) is 19.3. The van der Waals surface area contributed by atoms with E-state index in [1.54, 1.807) is 10.6 Å².